The predicted molar refractivity (Wildman–Crippen MR) is 87.0 cm³/mol. The summed E-state index contributed by atoms with van der Waals surface area (Å²) >= 11 is 0. The van der Waals surface area contributed by atoms with Crippen molar-refractivity contribution in [2.45, 2.75) is 12.3 Å². The number of esters is 1. The first-order chi connectivity index (χ1) is 11.7. The van der Waals surface area contributed by atoms with Crippen LogP contribution < -0.4 is 0 Å². The lowest BCUT2D eigenvalue weighted by Gasteiger charge is -2.19. The van der Waals surface area contributed by atoms with Gasteiger partial charge in [0, 0.05) is 0 Å². The molecule has 1 atom stereocenters. The summed E-state index contributed by atoms with van der Waals surface area (Å²) in [4.78, 5) is 36.3. The van der Waals surface area contributed by atoms with Gasteiger partial charge in [0.25, 0.3) is 5.78 Å². The van der Waals surface area contributed by atoms with Crippen LogP contribution in [-0.4, -0.2) is 17.5 Å². The molecule has 3 rings (SSSR count). The van der Waals surface area contributed by atoms with Gasteiger partial charge in [-0.1, -0.05) is 66.4 Å². The van der Waals surface area contributed by atoms with Crippen LogP contribution in [0.2, 0.25) is 0 Å². The fraction of sp³-hybridized carbons (Fsp3) is 0.100. The molecule has 0 amide bonds. The minimum Gasteiger partial charge on any atom is -0.408 e. The molecule has 1 aliphatic rings. The van der Waals surface area contributed by atoms with E-state index in [9.17, 15) is 14.4 Å². The molecule has 4 heteroatoms. The molecule has 1 heterocycles. The van der Waals surface area contributed by atoms with Crippen LogP contribution in [0.25, 0.3) is 0 Å². The molecule has 24 heavy (non-hydrogen) atoms. The standard InChI is InChI=1S/C20H14O4/c21-18-16(13-7-10-14-8-3-1-4-9-14)24-20(23)19(22)17(18)15-11-5-2-6-12-15/h1-9,11-12,17H,10H2. The zero-order chi connectivity index (χ0) is 16.9. The van der Waals surface area contributed by atoms with Crippen LogP contribution in [0.1, 0.15) is 17.0 Å². The van der Waals surface area contributed by atoms with Crippen molar-refractivity contribution in [3.05, 3.63) is 89.4 Å². The first-order valence-corrected chi connectivity index (χ1v) is 7.51. The topological polar surface area (TPSA) is 60.4 Å². The summed E-state index contributed by atoms with van der Waals surface area (Å²) in [5.74, 6) is -3.79. The normalized spacial score (nSPS) is 17.2. The van der Waals surface area contributed by atoms with Crippen LogP contribution in [-0.2, 0) is 25.5 Å². The van der Waals surface area contributed by atoms with Gasteiger partial charge in [-0.05, 0) is 23.6 Å². The van der Waals surface area contributed by atoms with E-state index in [2.05, 4.69) is 5.73 Å². The molecule has 1 aliphatic heterocycles. The number of rotatable bonds is 3. The van der Waals surface area contributed by atoms with Crippen molar-refractivity contribution in [1.29, 1.82) is 0 Å². The lowest BCUT2D eigenvalue weighted by molar-refractivity contribution is -0.157. The molecule has 0 bridgehead atoms. The highest BCUT2D eigenvalue weighted by Gasteiger charge is 2.42. The van der Waals surface area contributed by atoms with Crippen LogP contribution in [0.3, 0.4) is 0 Å². The molecule has 0 N–H and O–H groups in total. The summed E-state index contributed by atoms with van der Waals surface area (Å²) in [6, 6.07) is 18.1. The van der Waals surface area contributed by atoms with E-state index in [-0.39, 0.29) is 5.76 Å². The number of ketones is 2. The van der Waals surface area contributed by atoms with Crippen LogP contribution in [0.4, 0.5) is 0 Å². The van der Waals surface area contributed by atoms with Crippen molar-refractivity contribution in [3.8, 4) is 0 Å². The third-order valence-corrected chi connectivity index (χ3v) is 3.69. The fourth-order valence-corrected chi connectivity index (χ4v) is 2.49. The maximum Gasteiger partial charge on any atom is 0.381 e. The van der Waals surface area contributed by atoms with E-state index in [1.54, 1.807) is 36.4 Å². The lowest BCUT2D eigenvalue weighted by Crippen LogP contribution is -2.37. The zero-order valence-corrected chi connectivity index (χ0v) is 12.8. The van der Waals surface area contributed by atoms with E-state index in [0.717, 1.165) is 5.56 Å². The Labute approximate surface area is 139 Å². The Bertz CT molecular complexity index is 844. The number of carbonyl (C=O) groups is 3. The summed E-state index contributed by atoms with van der Waals surface area (Å²) in [7, 11) is 0. The average Bonchev–Trinajstić information content (AvgIpc) is 2.61. The van der Waals surface area contributed by atoms with E-state index < -0.39 is 23.5 Å². The lowest BCUT2D eigenvalue weighted by atomic mass is 9.88. The molecule has 0 aliphatic carbocycles. The van der Waals surface area contributed by atoms with E-state index >= 15 is 0 Å². The van der Waals surface area contributed by atoms with Gasteiger partial charge >= 0.3 is 5.97 Å². The molecule has 2 aromatic rings. The number of benzene rings is 2. The largest absolute Gasteiger partial charge is 0.408 e. The molecule has 0 aromatic heterocycles. The monoisotopic (exact) mass is 318 g/mol. The van der Waals surface area contributed by atoms with Crippen molar-refractivity contribution in [3.63, 3.8) is 0 Å². The number of cyclic esters (lactones) is 1. The fourth-order valence-electron chi connectivity index (χ4n) is 2.49. The maximum absolute atomic E-state index is 12.5. The first kappa shape index (κ1) is 15.7. The highest BCUT2D eigenvalue weighted by Crippen LogP contribution is 2.26. The first-order valence-electron chi connectivity index (χ1n) is 7.51. The quantitative estimate of drug-likeness (QED) is 0.287. The molecule has 0 spiro atoms. The average molecular weight is 318 g/mol. The van der Waals surface area contributed by atoms with Gasteiger partial charge in [-0.15, -0.1) is 0 Å². The molecular formula is C20H14O4. The van der Waals surface area contributed by atoms with Crippen molar-refractivity contribution in [2.24, 2.45) is 0 Å². The summed E-state index contributed by atoms with van der Waals surface area (Å²) in [6.07, 6.45) is 2.16. The molecule has 0 saturated carbocycles. The summed E-state index contributed by atoms with van der Waals surface area (Å²) < 4.78 is 4.84. The maximum atomic E-state index is 12.5. The van der Waals surface area contributed by atoms with Crippen LogP contribution in [0.15, 0.2) is 78.2 Å². The Hall–Kier alpha value is -3.23. The van der Waals surface area contributed by atoms with Gasteiger partial charge in [0.15, 0.2) is 0 Å². The van der Waals surface area contributed by atoms with Gasteiger partial charge in [0.2, 0.25) is 11.5 Å². The smallest absolute Gasteiger partial charge is 0.381 e. The zero-order valence-electron chi connectivity index (χ0n) is 12.8. The molecule has 1 unspecified atom stereocenters. The molecule has 0 radical (unpaired) electrons. The second kappa shape index (κ2) is 6.90. The van der Waals surface area contributed by atoms with Crippen molar-refractivity contribution in [2.75, 3.05) is 0 Å². The molecule has 4 nitrogen and oxygen atoms in total. The summed E-state index contributed by atoms with van der Waals surface area (Å²) in [5, 5.41) is 0. The SMILES string of the molecule is O=C1OC(=C=CCc2ccccc2)C(=O)C(c2ccccc2)C1=O. The second-order valence-corrected chi connectivity index (χ2v) is 5.33. The van der Waals surface area contributed by atoms with Crippen LogP contribution >= 0.6 is 0 Å². The van der Waals surface area contributed by atoms with Crippen LogP contribution in [0, 0.1) is 0 Å². The third kappa shape index (κ3) is 3.24. The van der Waals surface area contributed by atoms with Gasteiger partial charge < -0.3 is 4.74 Å². The van der Waals surface area contributed by atoms with E-state index in [1.165, 1.54) is 0 Å². The van der Waals surface area contributed by atoms with E-state index in [1.807, 2.05) is 30.3 Å². The second-order valence-electron chi connectivity index (χ2n) is 5.33. The minimum absolute atomic E-state index is 0.218. The Morgan fingerprint density at radius 3 is 2.17 bits per heavy atom. The van der Waals surface area contributed by atoms with Gasteiger partial charge in [-0.2, -0.15) is 0 Å². The van der Waals surface area contributed by atoms with Gasteiger partial charge in [0.05, 0.1) is 0 Å². The Morgan fingerprint density at radius 2 is 1.50 bits per heavy atom. The van der Waals surface area contributed by atoms with Crippen molar-refractivity contribution >= 4 is 17.5 Å². The molecule has 118 valence electrons. The van der Waals surface area contributed by atoms with Gasteiger partial charge in [0.1, 0.15) is 5.92 Å². The highest BCUT2D eigenvalue weighted by atomic mass is 16.5. The Kier molecular flexibility index (Phi) is 4.50. The number of hydrogen-bond acceptors (Lipinski definition) is 4. The number of allylic oxidation sites excluding steroid dienone is 1. The number of ether oxygens (including phenoxy) is 1. The Balaban J connectivity index is 1.89. The van der Waals surface area contributed by atoms with Gasteiger partial charge in [-0.3, -0.25) is 9.59 Å². The highest BCUT2D eigenvalue weighted by molar-refractivity contribution is 6.44. The molecular weight excluding hydrogens is 304 g/mol. The number of carbonyl (C=O) groups excluding carboxylic acids is 3. The number of hydrogen-bond donors (Lipinski definition) is 0. The van der Waals surface area contributed by atoms with E-state index in [0.29, 0.717) is 12.0 Å². The Morgan fingerprint density at radius 1 is 0.875 bits per heavy atom. The van der Waals surface area contributed by atoms with Crippen molar-refractivity contribution < 1.29 is 19.1 Å². The summed E-state index contributed by atoms with van der Waals surface area (Å²) in [6.45, 7) is 0. The van der Waals surface area contributed by atoms with Crippen molar-refractivity contribution in [1.82, 2.24) is 0 Å². The van der Waals surface area contributed by atoms with Crippen LogP contribution in [0.5, 0.6) is 0 Å². The predicted octanol–water partition coefficient (Wildman–Crippen LogP) is 2.75. The molecule has 2 aromatic carbocycles. The third-order valence-electron chi connectivity index (χ3n) is 3.69. The summed E-state index contributed by atoms with van der Waals surface area (Å²) in [5.41, 5.74) is 4.23. The van der Waals surface area contributed by atoms with E-state index in [4.69, 9.17) is 4.74 Å². The number of Topliss-reactive ketones (excluding diaryl/α,β-unsaturated/α-hetero) is 2. The molecule has 1 fully saturated rings. The minimum atomic E-state index is -1.15. The molecule has 1 saturated heterocycles. The van der Waals surface area contributed by atoms with Gasteiger partial charge in [-0.25, -0.2) is 4.79 Å².